The number of halogens is 1. The molecule has 3 rings (SSSR count). The summed E-state index contributed by atoms with van der Waals surface area (Å²) in [4.78, 5) is 15.1. The molecule has 0 N–H and O–H groups in total. The number of hydrogen-bond donors (Lipinski definition) is 0. The second-order valence-electron chi connectivity index (χ2n) is 5.39. The van der Waals surface area contributed by atoms with E-state index in [1.54, 1.807) is 24.1 Å². The first-order valence-corrected chi connectivity index (χ1v) is 7.43. The fourth-order valence-electron chi connectivity index (χ4n) is 2.24. The van der Waals surface area contributed by atoms with Crippen molar-refractivity contribution in [1.82, 2.24) is 25.1 Å². The molecule has 1 heterocycles. The number of nitrogens with zero attached hydrogens (tertiary/aromatic N) is 5. The summed E-state index contributed by atoms with van der Waals surface area (Å²) in [5.74, 6) is -0.224. The lowest BCUT2D eigenvalue weighted by molar-refractivity contribution is -0.131. The minimum atomic E-state index is -0.373. The summed E-state index contributed by atoms with van der Waals surface area (Å²) in [6, 6.07) is 15.6. The summed E-state index contributed by atoms with van der Waals surface area (Å²) >= 11 is 0. The van der Waals surface area contributed by atoms with Gasteiger partial charge in [-0.25, -0.2) is 4.39 Å². The van der Waals surface area contributed by atoms with Gasteiger partial charge in [0.15, 0.2) is 0 Å². The molecule has 1 amide bonds. The van der Waals surface area contributed by atoms with Gasteiger partial charge in [0, 0.05) is 19.2 Å². The predicted octanol–water partition coefficient (Wildman–Crippen LogP) is 2.14. The van der Waals surface area contributed by atoms with Crippen molar-refractivity contribution >= 4 is 5.91 Å². The lowest BCUT2D eigenvalue weighted by Gasteiger charge is -2.16. The van der Waals surface area contributed by atoms with Crippen LogP contribution in [0.5, 0.6) is 0 Å². The van der Waals surface area contributed by atoms with Crippen LogP contribution < -0.4 is 0 Å². The van der Waals surface area contributed by atoms with Crippen molar-refractivity contribution in [2.75, 3.05) is 7.05 Å². The Labute approximate surface area is 138 Å². The van der Waals surface area contributed by atoms with Crippen LogP contribution in [0.25, 0.3) is 11.4 Å². The van der Waals surface area contributed by atoms with Crippen LogP contribution in [0.4, 0.5) is 4.39 Å². The SMILES string of the molecule is CN(Cc1ccccc1)C(=O)Cn1nnc(-c2cccc(F)c2)n1. The number of aromatic nitrogens is 4. The first-order chi connectivity index (χ1) is 11.6. The number of hydrogen-bond acceptors (Lipinski definition) is 4. The van der Waals surface area contributed by atoms with E-state index in [2.05, 4.69) is 15.4 Å². The first-order valence-electron chi connectivity index (χ1n) is 7.43. The molecular formula is C17H16FN5O. The highest BCUT2D eigenvalue weighted by Crippen LogP contribution is 2.14. The Bertz CT molecular complexity index is 834. The van der Waals surface area contributed by atoms with Crippen molar-refractivity contribution in [2.24, 2.45) is 0 Å². The van der Waals surface area contributed by atoms with E-state index in [0.29, 0.717) is 12.1 Å². The summed E-state index contributed by atoms with van der Waals surface area (Å²) in [5, 5.41) is 11.9. The molecule has 3 aromatic rings. The van der Waals surface area contributed by atoms with Gasteiger partial charge in [-0.3, -0.25) is 4.79 Å². The molecule has 6 nitrogen and oxygen atoms in total. The van der Waals surface area contributed by atoms with Gasteiger partial charge in [0.05, 0.1) is 0 Å². The zero-order valence-electron chi connectivity index (χ0n) is 13.1. The van der Waals surface area contributed by atoms with Crippen molar-refractivity contribution < 1.29 is 9.18 Å². The maximum Gasteiger partial charge on any atom is 0.246 e. The molecule has 0 aliphatic heterocycles. The molecule has 0 saturated heterocycles. The fraction of sp³-hybridized carbons (Fsp3) is 0.176. The van der Waals surface area contributed by atoms with E-state index < -0.39 is 0 Å². The Morgan fingerprint density at radius 3 is 2.71 bits per heavy atom. The molecule has 1 aromatic heterocycles. The number of carbonyl (C=O) groups is 1. The number of amides is 1. The van der Waals surface area contributed by atoms with Gasteiger partial charge >= 0.3 is 0 Å². The highest BCUT2D eigenvalue weighted by Gasteiger charge is 2.13. The molecule has 0 saturated carbocycles. The zero-order chi connectivity index (χ0) is 16.9. The summed E-state index contributed by atoms with van der Waals surface area (Å²) in [6.07, 6.45) is 0. The highest BCUT2D eigenvalue weighted by molar-refractivity contribution is 5.75. The molecule has 0 bridgehead atoms. The molecule has 122 valence electrons. The van der Waals surface area contributed by atoms with Gasteiger partial charge in [-0.1, -0.05) is 42.5 Å². The van der Waals surface area contributed by atoms with Crippen LogP contribution in [-0.4, -0.2) is 38.1 Å². The molecule has 24 heavy (non-hydrogen) atoms. The second-order valence-corrected chi connectivity index (χ2v) is 5.39. The van der Waals surface area contributed by atoms with Gasteiger partial charge in [0.25, 0.3) is 0 Å². The maximum atomic E-state index is 13.2. The average molecular weight is 325 g/mol. The molecule has 7 heteroatoms. The fourth-order valence-corrected chi connectivity index (χ4v) is 2.24. The Hall–Kier alpha value is -3.09. The smallest absolute Gasteiger partial charge is 0.246 e. The Kier molecular flexibility index (Phi) is 4.60. The van der Waals surface area contributed by atoms with E-state index in [1.807, 2.05) is 30.3 Å². The molecular weight excluding hydrogens is 309 g/mol. The molecule has 0 radical (unpaired) electrons. The molecule has 2 aromatic carbocycles. The van der Waals surface area contributed by atoms with Crippen LogP contribution >= 0.6 is 0 Å². The molecule has 0 spiro atoms. The van der Waals surface area contributed by atoms with Crippen molar-refractivity contribution in [3.05, 3.63) is 66.0 Å². The molecule has 0 aliphatic carbocycles. The van der Waals surface area contributed by atoms with E-state index in [0.717, 1.165) is 5.56 Å². The highest BCUT2D eigenvalue weighted by atomic mass is 19.1. The van der Waals surface area contributed by atoms with E-state index in [4.69, 9.17) is 0 Å². The number of tetrazole rings is 1. The van der Waals surface area contributed by atoms with Crippen LogP contribution in [0.15, 0.2) is 54.6 Å². The van der Waals surface area contributed by atoms with Gasteiger partial charge in [-0.15, -0.1) is 10.2 Å². The Morgan fingerprint density at radius 2 is 1.96 bits per heavy atom. The minimum absolute atomic E-state index is 0.0222. The van der Waals surface area contributed by atoms with Gasteiger partial charge in [-0.05, 0) is 22.9 Å². The summed E-state index contributed by atoms with van der Waals surface area (Å²) < 4.78 is 13.2. The quantitative estimate of drug-likeness (QED) is 0.721. The summed E-state index contributed by atoms with van der Waals surface area (Å²) in [6.45, 7) is 0.483. The standard InChI is InChI=1S/C17H16FN5O/c1-22(11-13-6-3-2-4-7-13)16(24)12-23-20-17(19-21-23)14-8-5-9-15(18)10-14/h2-10H,11-12H2,1H3. The zero-order valence-corrected chi connectivity index (χ0v) is 13.1. The van der Waals surface area contributed by atoms with Crippen molar-refractivity contribution in [1.29, 1.82) is 0 Å². The second kappa shape index (κ2) is 6.99. The molecule has 0 atom stereocenters. The van der Waals surface area contributed by atoms with Crippen LogP contribution in [0.3, 0.4) is 0 Å². The normalized spacial score (nSPS) is 10.6. The van der Waals surface area contributed by atoms with Crippen molar-refractivity contribution in [2.45, 2.75) is 13.1 Å². The minimum Gasteiger partial charge on any atom is -0.340 e. The van der Waals surface area contributed by atoms with Gasteiger partial charge in [0.1, 0.15) is 12.4 Å². The van der Waals surface area contributed by atoms with Gasteiger partial charge in [-0.2, -0.15) is 4.80 Å². The van der Waals surface area contributed by atoms with Gasteiger partial charge in [0.2, 0.25) is 11.7 Å². The first kappa shape index (κ1) is 15.8. The van der Waals surface area contributed by atoms with Crippen LogP contribution in [0.1, 0.15) is 5.56 Å². The third-order valence-corrected chi connectivity index (χ3v) is 3.50. The largest absolute Gasteiger partial charge is 0.340 e. The van der Waals surface area contributed by atoms with E-state index >= 15 is 0 Å². The maximum absolute atomic E-state index is 13.2. The summed E-state index contributed by atoms with van der Waals surface area (Å²) in [7, 11) is 1.72. The van der Waals surface area contributed by atoms with Crippen molar-refractivity contribution in [3.8, 4) is 11.4 Å². The lowest BCUT2D eigenvalue weighted by Crippen LogP contribution is -2.30. The molecule has 0 unspecified atom stereocenters. The van der Waals surface area contributed by atoms with Gasteiger partial charge < -0.3 is 4.90 Å². The number of rotatable bonds is 5. The van der Waals surface area contributed by atoms with E-state index in [-0.39, 0.29) is 24.1 Å². The van der Waals surface area contributed by atoms with Crippen LogP contribution in [0.2, 0.25) is 0 Å². The average Bonchev–Trinajstić information content (AvgIpc) is 3.04. The number of benzene rings is 2. The van der Waals surface area contributed by atoms with Crippen molar-refractivity contribution in [3.63, 3.8) is 0 Å². The van der Waals surface area contributed by atoms with Crippen LogP contribution in [0, 0.1) is 5.82 Å². The number of likely N-dealkylation sites (N-methyl/N-ethyl adjacent to an activating group) is 1. The van der Waals surface area contributed by atoms with E-state index in [9.17, 15) is 9.18 Å². The molecule has 0 aliphatic rings. The Balaban J connectivity index is 1.65. The summed E-state index contributed by atoms with van der Waals surface area (Å²) in [5.41, 5.74) is 1.56. The third-order valence-electron chi connectivity index (χ3n) is 3.50. The topological polar surface area (TPSA) is 63.9 Å². The molecule has 0 fully saturated rings. The lowest BCUT2D eigenvalue weighted by atomic mass is 10.2. The monoisotopic (exact) mass is 325 g/mol. The van der Waals surface area contributed by atoms with Crippen LogP contribution in [-0.2, 0) is 17.9 Å². The predicted molar refractivity (Wildman–Crippen MR) is 86.1 cm³/mol. The van der Waals surface area contributed by atoms with E-state index in [1.165, 1.54) is 16.9 Å². The third kappa shape index (κ3) is 3.81. The Morgan fingerprint density at radius 1 is 1.17 bits per heavy atom. The number of carbonyl (C=O) groups excluding carboxylic acids is 1.